The van der Waals surface area contributed by atoms with Gasteiger partial charge in [-0.25, -0.2) is 13.2 Å². The number of sulfonamides is 1. The number of carbonyl (C=O) groups is 1. The summed E-state index contributed by atoms with van der Waals surface area (Å²) in [5.41, 5.74) is 1.29. The molecule has 2 aliphatic rings. The third-order valence-electron chi connectivity index (χ3n) is 4.50. The van der Waals surface area contributed by atoms with Crippen molar-refractivity contribution in [1.82, 2.24) is 14.2 Å². The molecule has 1 amide bonds. The number of carboxylic acid groups (broad SMARTS) is 1. The molecular weight excluding hydrogens is 330 g/mol. The predicted octanol–water partition coefficient (Wildman–Crippen LogP) is 1.73. The van der Waals surface area contributed by atoms with Crippen LogP contribution in [0.2, 0.25) is 0 Å². The van der Waals surface area contributed by atoms with Crippen LogP contribution < -0.4 is 0 Å². The summed E-state index contributed by atoms with van der Waals surface area (Å²) >= 11 is 0. The number of pyridine rings is 1. The van der Waals surface area contributed by atoms with Gasteiger partial charge in [0.2, 0.25) is 0 Å². The molecule has 2 aromatic rings. The Kier molecular flexibility index (Phi) is 3.24. The number of nitrogens with zero attached hydrogens (tertiary/aromatic N) is 3. The van der Waals surface area contributed by atoms with Gasteiger partial charge < -0.3 is 10.0 Å². The summed E-state index contributed by atoms with van der Waals surface area (Å²) < 4.78 is 27.3. The van der Waals surface area contributed by atoms with Crippen molar-refractivity contribution < 1.29 is 18.3 Å². The van der Waals surface area contributed by atoms with Crippen LogP contribution in [0, 0.1) is 5.92 Å². The second kappa shape index (κ2) is 5.20. The number of benzene rings is 1. The maximum Gasteiger partial charge on any atom is 0.407 e. The number of fused-ring (bicyclic) bond motifs is 2. The zero-order chi connectivity index (χ0) is 16.9. The second-order valence-corrected chi connectivity index (χ2v) is 7.83. The molecule has 2 aliphatic heterocycles. The van der Waals surface area contributed by atoms with Gasteiger partial charge in [-0.3, -0.25) is 9.29 Å². The van der Waals surface area contributed by atoms with E-state index in [1.165, 1.54) is 9.21 Å². The van der Waals surface area contributed by atoms with E-state index in [1.54, 1.807) is 30.6 Å². The fourth-order valence-corrected chi connectivity index (χ4v) is 4.87. The van der Waals surface area contributed by atoms with E-state index in [0.29, 0.717) is 12.1 Å². The third-order valence-corrected chi connectivity index (χ3v) is 6.26. The lowest BCUT2D eigenvalue weighted by Crippen LogP contribution is -2.32. The molecule has 1 aromatic carbocycles. The van der Waals surface area contributed by atoms with Crippen molar-refractivity contribution in [2.45, 2.75) is 4.90 Å². The van der Waals surface area contributed by atoms with E-state index < -0.39 is 16.1 Å². The topological polar surface area (TPSA) is 90.8 Å². The summed E-state index contributed by atoms with van der Waals surface area (Å²) in [5.74, 6) is -0.0705. The first-order valence-electron chi connectivity index (χ1n) is 7.51. The van der Waals surface area contributed by atoms with Crippen molar-refractivity contribution in [2.24, 2.45) is 5.92 Å². The summed E-state index contributed by atoms with van der Waals surface area (Å²) in [5, 5.41) is 9.82. The highest BCUT2D eigenvalue weighted by molar-refractivity contribution is 7.89. The van der Waals surface area contributed by atoms with Gasteiger partial charge in [-0.15, -0.1) is 0 Å². The smallest absolute Gasteiger partial charge is 0.407 e. The molecule has 1 fully saturated rings. The first-order chi connectivity index (χ1) is 11.5. The zero-order valence-electron chi connectivity index (χ0n) is 12.7. The van der Waals surface area contributed by atoms with Crippen molar-refractivity contribution in [1.29, 1.82) is 0 Å². The Labute approximate surface area is 138 Å². The van der Waals surface area contributed by atoms with Crippen LogP contribution in [-0.4, -0.2) is 53.4 Å². The third kappa shape index (κ3) is 2.22. The fraction of sp³-hybridized carbons (Fsp3) is 0.250. The first kappa shape index (κ1) is 14.9. The molecule has 0 saturated carbocycles. The van der Waals surface area contributed by atoms with Gasteiger partial charge >= 0.3 is 6.09 Å². The lowest BCUT2D eigenvalue weighted by molar-refractivity contribution is 0.154. The van der Waals surface area contributed by atoms with Crippen molar-refractivity contribution >= 4 is 27.0 Å². The van der Waals surface area contributed by atoms with Gasteiger partial charge in [-0.05, 0) is 17.7 Å². The molecule has 1 atom stereocenters. The van der Waals surface area contributed by atoms with Gasteiger partial charge in [-0.1, -0.05) is 18.2 Å². The molecule has 1 N–H and O–H groups in total. The highest BCUT2D eigenvalue weighted by atomic mass is 32.2. The monoisotopic (exact) mass is 345 g/mol. The Morgan fingerprint density at radius 2 is 2.00 bits per heavy atom. The average molecular weight is 345 g/mol. The zero-order valence-corrected chi connectivity index (χ0v) is 13.5. The molecule has 0 bridgehead atoms. The van der Waals surface area contributed by atoms with Gasteiger partial charge in [0.15, 0.2) is 0 Å². The number of hydrogen-bond donors (Lipinski definition) is 1. The van der Waals surface area contributed by atoms with Crippen LogP contribution >= 0.6 is 0 Å². The predicted molar refractivity (Wildman–Crippen MR) is 86.8 cm³/mol. The summed E-state index contributed by atoms with van der Waals surface area (Å²) in [6.07, 6.45) is 2.17. The quantitative estimate of drug-likeness (QED) is 0.895. The number of amides is 1. The minimum absolute atomic E-state index is 0.0705. The van der Waals surface area contributed by atoms with E-state index in [4.69, 9.17) is 5.11 Å². The number of aromatic nitrogens is 1. The molecular formula is C16H15N3O4S. The van der Waals surface area contributed by atoms with E-state index in [9.17, 15) is 13.2 Å². The Bertz CT molecular complexity index is 965. The molecule has 3 heterocycles. The van der Waals surface area contributed by atoms with Crippen molar-refractivity contribution in [3.8, 4) is 0 Å². The Morgan fingerprint density at radius 1 is 1.21 bits per heavy atom. The normalized spacial score (nSPS) is 20.3. The van der Waals surface area contributed by atoms with E-state index in [0.717, 1.165) is 11.0 Å². The molecule has 1 aromatic heterocycles. The Morgan fingerprint density at radius 3 is 2.75 bits per heavy atom. The maximum atomic E-state index is 13.0. The van der Waals surface area contributed by atoms with Crippen LogP contribution in [0.3, 0.4) is 0 Å². The number of para-hydroxylation sites is 1. The van der Waals surface area contributed by atoms with E-state index >= 15 is 0 Å². The van der Waals surface area contributed by atoms with Crippen molar-refractivity contribution in [3.05, 3.63) is 48.3 Å². The molecule has 0 aliphatic carbocycles. The lowest BCUT2D eigenvalue weighted by Gasteiger charge is -2.20. The van der Waals surface area contributed by atoms with Crippen LogP contribution in [0.4, 0.5) is 4.79 Å². The molecule has 0 radical (unpaired) electrons. The molecule has 24 heavy (non-hydrogen) atoms. The SMILES string of the molecule is O=C(O)N1CC2=CN(S(=O)(=O)c3cccc4cccnc34)CC2C1. The molecule has 1 saturated heterocycles. The number of hydrogen-bond acceptors (Lipinski definition) is 4. The van der Waals surface area contributed by atoms with Crippen LogP contribution in [0.15, 0.2) is 53.2 Å². The van der Waals surface area contributed by atoms with Gasteiger partial charge in [0.05, 0.1) is 5.52 Å². The standard InChI is InChI=1S/C16H15N3O4S/c20-16(21)18-7-12-9-19(10-13(12)8-18)24(22,23)14-5-1-3-11-4-2-6-17-15(11)14/h1-6,9,13H,7-8,10H2,(H,20,21). The van der Waals surface area contributed by atoms with E-state index in [1.807, 2.05) is 12.1 Å². The highest BCUT2D eigenvalue weighted by Crippen LogP contribution is 2.34. The van der Waals surface area contributed by atoms with Crippen molar-refractivity contribution in [3.63, 3.8) is 0 Å². The summed E-state index contributed by atoms with van der Waals surface area (Å²) in [6.45, 7) is 0.867. The molecule has 124 valence electrons. The van der Waals surface area contributed by atoms with Gasteiger partial charge in [-0.2, -0.15) is 0 Å². The minimum atomic E-state index is -3.72. The van der Waals surface area contributed by atoms with Gasteiger partial charge in [0.1, 0.15) is 4.90 Å². The van der Waals surface area contributed by atoms with Crippen LogP contribution in [0.1, 0.15) is 0 Å². The summed E-state index contributed by atoms with van der Waals surface area (Å²) in [7, 11) is -3.72. The van der Waals surface area contributed by atoms with E-state index in [2.05, 4.69) is 4.98 Å². The van der Waals surface area contributed by atoms with Crippen molar-refractivity contribution in [2.75, 3.05) is 19.6 Å². The lowest BCUT2D eigenvalue weighted by atomic mass is 10.1. The number of rotatable bonds is 2. The Hall–Kier alpha value is -2.61. The first-order valence-corrected chi connectivity index (χ1v) is 8.95. The maximum absolute atomic E-state index is 13.0. The van der Waals surface area contributed by atoms with Gasteiger partial charge in [0.25, 0.3) is 10.0 Å². The fourth-order valence-electron chi connectivity index (χ4n) is 3.30. The van der Waals surface area contributed by atoms with Crippen LogP contribution in [0.5, 0.6) is 0 Å². The molecule has 8 heteroatoms. The molecule has 1 unspecified atom stereocenters. The minimum Gasteiger partial charge on any atom is -0.465 e. The second-order valence-electron chi connectivity index (χ2n) is 5.97. The molecule has 0 spiro atoms. The largest absolute Gasteiger partial charge is 0.465 e. The summed E-state index contributed by atoms with van der Waals surface area (Å²) in [6, 6.07) is 8.67. The number of likely N-dealkylation sites (tertiary alicyclic amines) is 1. The van der Waals surface area contributed by atoms with Crippen LogP contribution in [-0.2, 0) is 10.0 Å². The average Bonchev–Trinajstić information content (AvgIpc) is 3.13. The molecule has 7 nitrogen and oxygen atoms in total. The van der Waals surface area contributed by atoms with Gasteiger partial charge in [0, 0.05) is 43.3 Å². The van der Waals surface area contributed by atoms with Crippen LogP contribution in [0.25, 0.3) is 10.9 Å². The Balaban J connectivity index is 1.71. The van der Waals surface area contributed by atoms with E-state index in [-0.39, 0.29) is 23.9 Å². The highest BCUT2D eigenvalue weighted by Gasteiger charge is 2.39. The summed E-state index contributed by atoms with van der Waals surface area (Å²) in [4.78, 5) is 16.7. The molecule has 4 rings (SSSR count).